The number of amides is 2. The van der Waals surface area contributed by atoms with Crippen molar-refractivity contribution in [1.29, 1.82) is 0 Å². The van der Waals surface area contributed by atoms with Crippen LogP contribution < -0.4 is 5.32 Å². The summed E-state index contributed by atoms with van der Waals surface area (Å²) in [6.45, 7) is 0. The van der Waals surface area contributed by atoms with Gasteiger partial charge in [-0.2, -0.15) is 0 Å². The molecule has 0 aliphatic carbocycles. The summed E-state index contributed by atoms with van der Waals surface area (Å²) in [7, 11) is 0. The van der Waals surface area contributed by atoms with Crippen LogP contribution >= 0.6 is 35.0 Å². The zero-order valence-corrected chi connectivity index (χ0v) is 12.7. The molecule has 1 aromatic heterocycles. The largest absolute Gasteiger partial charge is 0.457 e. The Kier molecular flexibility index (Phi) is 3.80. The van der Waals surface area contributed by atoms with Crippen molar-refractivity contribution in [3.05, 3.63) is 51.0 Å². The lowest BCUT2D eigenvalue weighted by molar-refractivity contribution is -0.115. The van der Waals surface area contributed by atoms with Crippen molar-refractivity contribution in [3.63, 3.8) is 0 Å². The van der Waals surface area contributed by atoms with E-state index in [0.717, 1.165) is 17.3 Å². The molecule has 1 aliphatic heterocycles. The van der Waals surface area contributed by atoms with Gasteiger partial charge in [0.2, 0.25) is 0 Å². The predicted molar refractivity (Wildman–Crippen MR) is 83.3 cm³/mol. The summed E-state index contributed by atoms with van der Waals surface area (Å²) < 4.78 is 5.63. The minimum atomic E-state index is -0.422. The van der Waals surface area contributed by atoms with E-state index in [-0.39, 0.29) is 5.24 Å². The number of rotatable bonds is 2. The fourth-order valence-electron chi connectivity index (χ4n) is 1.83. The molecular formula is C14H7Cl2NO3S. The molecule has 1 saturated heterocycles. The molecule has 106 valence electrons. The predicted octanol–water partition coefficient (Wildman–Crippen LogP) is 4.58. The number of imide groups is 1. The van der Waals surface area contributed by atoms with Crippen LogP contribution in [0.3, 0.4) is 0 Å². The Labute approximate surface area is 134 Å². The molecule has 2 amide bonds. The van der Waals surface area contributed by atoms with Gasteiger partial charge < -0.3 is 4.42 Å². The molecule has 7 heteroatoms. The molecule has 1 aliphatic rings. The minimum Gasteiger partial charge on any atom is -0.457 e. The molecular weight excluding hydrogens is 333 g/mol. The Morgan fingerprint density at radius 2 is 1.81 bits per heavy atom. The van der Waals surface area contributed by atoms with E-state index in [4.69, 9.17) is 27.6 Å². The number of hydrogen-bond donors (Lipinski definition) is 1. The highest BCUT2D eigenvalue weighted by atomic mass is 35.5. The Morgan fingerprint density at radius 1 is 1.10 bits per heavy atom. The van der Waals surface area contributed by atoms with Crippen molar-refractivity contribution >= 4 is 52.2 Å². The summed E-state index contributed by atoms with van der Waals surface area (Å²) in [4.78, 5) is 22.8. The molecule has 1 N–H and O–H groups in total. The number of hydrogen-bond acceptors (Lipinski definition) is 4. The molecule has 0 spiro atoms. The molecule has 0 saturated carbocycles. The lowest BCUT2D eigenvalue weighted by atomic mass is 10.2. The van der Waals surface area contributed by atoms with E-state index in [1.165, 1.54) is 6.08 Å². The standard InChI is InChI=1S/C14H7Cl2NO3S/c15-8-3-7(4-9(16)5-8)11-2-1-10(20-11)6-12-13(18)17-14(19)21-12/h1-6H,(H,17,18,19). The molecule has 2 aromatic rings. The topological polar surface area (TPSA) is 59.3 Å². The second-order valence-electron chi connectivity index (χ2n) is 4.21. The molecule has 4 nitrogen and oxygen atoms in total. The third kappa shape index (κ3) is 3.15. The number of benzene rings is 1. The highest BCUT2D eigenvalue weighted by molar-refractivity contribution is 8.18. The average Bonchev–Trinajstić information content (AvgIpc) is 2.96. The van der Waals surface area contributed by atoms with Crippen LogP contribution in [0, 0.1) is 0 Å². The SMILES string of the molecule is O=C1NC(=O)C(=Cc2ccc(-c3cc(Cl)cc(Cl)c3)o2)S1. The maximum Gasteiger partial charge on any atom is 0.290 e. The van der Waals surface area contributed by atoms with Gasteiger partial charge in [0.25, 0.3) is 11.1 Å². The van der Waals surface area contributed by atoms with Crippen LogP contribution in [-0.4, -0.2) is 11.1 Å². The Bertz CT molecular complexity index is 762. The van der Waals surface area contributed by atoms with Crippen LogP contribution in [0.2, 0.25) is 10.0 Å². The average molecular weight is 340 g/mol. The van der Waals surface area contributed by atoms with Crippen molar-refractivity contribution in [2.75, 3.05) is 0 Å². The molecule has 1 fully saturated rings. The van der Waals surface area contributed by atoms with Gasteiger partial charge in [0.1, 0.15) is 11.5 Å². The van der Waals surface area contributed by atoms with Crippen molar-refractivity contribution in [1.82, 2.24) is 5.32 Å². The molecule has 0 bridgehead atoms. The number of nitrogens with one attached hydrogen (secondary N) is 1. The lowest BCUT2D eigenvalue weighted by Crippen LogP contribution is -2.17. The van der Waals surface area contributed by atoms with Gasteiger partial charge in [-0.1, -0.05) is 23.2 Å². The Hall–Kier alpha value is -1.69. The van der Waals surface area contributed by atoms with Crippen LogP contribution in [0.15, 0.2) is 39.7 Å². The zero-order chi connectivity index (χ0) is 15.0. The third-order valence-corrected chi connectivity index (χ3v) is 3.94. The normalized spacial score (nSPS) is 16.6. The summed E-state index contributed by atoms with van der Waals surface area (Å²) in [6, 6.07) is 8.53. The van der Waals surface area contributed by atoms with Crippen LogP contribution in [-0.2, 0) is 4.79 Å². The fraction of sp³-hybridized carbons (Fsp3) is 0. The third-order valence-electron chi connectivity index (χ3n) is 2.69. The molecule has 0 radical (unpaired) electrons. The highest BCUT2D eigenvalue weighted by Gasteiger charge is 2.25. The van der Waals surface area contributed by atoms with Crippen molar-refractivity contribution in [2.24, 2.45) is 0 Å². The van der Waals surface area contributed by atoms with Gasteiger partial charge in [0.15, 0.2) is 0 Å². The first kappa shape index (κ1) is 14.3. The summed E-state index contributed by atoms with van der Waals surface area (Å²) in [5.74, 6) is 0.614. The summed E-state index contributed by atoms with van der Waals surface area (Å²) >= 11 is 12.7. The van der Waals surface area contributed by atoms with E-state index >= 15 is 0 Å². The fourth-order valence-corrected chi connectivity index (χ4v) is 3.02. The highest BCUT2D eigenvalue weighted by Crippen LogP contribution is 2.31. The molecule has 0 unspecified atom stereocenters. The molecule has 3 rings (SSSR count). The lowest BCUT2D eigenvalue weighted by Gasteiger charge is -1.99. The molecule has 1 aromatic carbocycles. The van der Waals surface area contributed by atoms with E-state index in [9.17, 15) is 9.59 Å². The summed E-state index contributed by atoms with van der Waals surface area (Å²) in [5.41, 5.74) is 0.733. The number of thioether (sulfide) groups is 1. The van der Waals surface area contributed by atoms with Crippen molar-refractivity contribution < 1.29 is 14.0 Å². The minimum absolute atomic E-state index is 0.296. The van der Waals surface area contributed by atoms with Gasteiger partial charge in [0.05, 0.1) is 4.91 Å². The van der Waals surface area contributed by atoms with Gasteiger partial charge in [-0.05, 0) is 42.1 Å². The number of furan rings is 1. The Morgan fingerprint density at radius 3 is 2.43 bits per heavy atom. The van der Waals surface area contributed by atoms with Gasteiger partial charge >= 0.3 is 0 Å². The second-order valence-corrected chi connectivity index (χ2v) is 6.10. The maximum atomic E-state index is 11.5. The van der Waals surface area contributed by atoms with E-state index in [1.807, 2.05) is 0 Å². The van der Waals surface area contributed by atoms with E-state index < -0.39 is 5.91 Å². The van der Waals surface area contributed by atoms with Crippen LogP contribution in [0.5, 0.6) is 0 Å². The van der Waals surface area contributed by atoms with Crippen molar-refractivity contribution in [3.8, 4) is 11.3 Å². The van der Waals surface area contributed by atoms with Crippen LogP contribution in [0.4, 0.5) is 4.79 Å². The van der Waals surface area contributed by atoms with E-state index in [1.54, 1.807) is 30.3 Å². The molecule has 21 heavy (non-hydrogen) atoms. The van der Waals surface area contributed by atoms with Crippen LogP contribution in [0.1, 0.15) is 5.76 Å². The van der Waals surface area contributed by atoms with E-state index in [0.29, 0.717) is 26.5 Å². The number of halogens is 2. The second kappa shape index (κ2) is 5.60. The first-order chi connectivity index (χ1) is 10.0. The monoisotopic (exact) mass is 339 g/mol. The quantitative estimate of drug-likeness (QED) is 0.813. The molecule has 2 heterocycles. The summed E-state index contributed by atoms with van der Waals surface area (Å²) in [5, 5.41) is 2.80. The number of carbonyl (C=O) groups is 2. The first-order valence-corrected chi connectivity index (χ1v) is 7.40. The first-order valence-electron chi connectivity index (χ1n) is 5.82. The van der Waals surface area contributed by atoms with Crippen molar-refractivity contribution in [2.45, 2.75) is 0 Å². The van der Waals surface area contributed by atoms with Gasteiger partial charge in [-0.25, -0.2) is 0 Å². The van der Waals surface area contributed by atoms with E-state index in [2.05, 4.69) is 5.32 Å². The Balaban J connectivity index is 1.92. The zero-order valence-electron chi connectivity index (χ0n) is 10.4. The number of carbonyl (C=O) groups excluding carboxylic acids is 2. The molecule has 0 atom stereocenters. The van der Waals surface area contributed by atoms with Crippen LogP contribution in [0.25, 0.3) is 17.4 Å². The van der Waals surface area contributed by atoms with Gasteiger partial charge in [0, 0.05) is 21.7 Å². The van der Waals surface area contributed by atoms with Gasteiger partial charge in [-0.3, -0.25) is 14.9 Å². The summed E-state index contributed by atoms with van der Waals surface area (Å²) in [6.07, 6.45) is 1.51. The smallest absolute Gasteiger partial charge is 0.290 e. The van der Waals surface area contributed by atoms with Gasteiger partial charge in [-0.15, -0.1) is 0 Å². The maximum absolute atomic E-state index is 11.5.